The van der Waals surface area contributed by atoms with E-state index < -0.39 is 0 Å². The number of benzene rings is 2. The molecule has 1 aliphatic rings. The molecule has 2 aromatic carbocycles. The lowest BCUT2D eigenvalue weighted by Gasteiger charge is -2.21. The lowest BCUT2D eigenvalue weighted by atomic mass is 10.1. The van der Waals surface area contributed by atoms with Gasteiger partial charge in [-0.2, -0.15) is 0 Å². The Balaban J connectivity index is 1.86. The molecule has 0 saturated carbocycles. The highest BCUT2D eigenvalue weighted by molar-refractivity contribution is 7.71. The Labute approximate surface area is 123 Å². The van der Waals surface area contributed by atoms with Crippen LogP contribution in [0.5, 0.6) is 0 Å². The number of hydrogen-bond acceptors (Lipinski definition) is 1. The highest BCUT2D eigenvalue weighted by atomic mass is 31.1. The van der Waals surface area contributed by atoms with E-state index in [9.17, 15) is 0 Å². The van der Waals surface area contributed by atoms with Crippen molar-refractivity contribution in [3.05, 3.63) is 60.7 Å². The molecule has 2 heteroatoms. The molecule has 0 bridgehead atoms. The summed E-state index contributed by atoms with van der Waals surface area (Å²) >= 11 is 0. The molecular formula is C18H22NP. The van der Waals surface area contributed by atoms with Gasteiger partial charge in [0.05, 0.1) is 0 Å². The molecule has 104 valence electrons. The van der Waals surface area contributed by atoms with E-state index in [-0.39, 0.29) is 8.07 Å². The molecule has 20 heavy (non-hydrogen) atoms. The van der Waals surface area contributed by atoms with Gasteiger partial charge in [-0.15, -0.1) is 0 Å². The van der Waals surface area contributed by atoms with Crippen LogP contribution < -0.4 is 10.6 Å². The van der Waals surface area contributed by atoms with Crippen molar-refractivity contribution in [1.82, 2.24) is 4.67 Å². The fourth-order valence-electron chi connectivity index (χ4n) is 2.74. The van der Waals surface area contributed by atoms with E-state index in [0.29, 0.717) is 0 Å². The zero-order valence-electron chi connectivity index (χ0n) is 12.2. The summed E-state index contributed by atoms with van der Waals surface area (Å²) in [6.07, 6.45) is 1.32. The number of rotatable bonds is 5. The molecule has 2 atom stereocenters. The smallest absolute Gasteiger partial charge is 0.0284 e. The first-order chi connectivity index (χ1) is 9.75. The lowest BCUT2D eigenvalue weighted by Crippen LogP contribution is -2.18. The zero-order chi connectivity index (χ0) is 13.9. The minimum Gasteiger partial charge on any atom is -0.269 e. The standard InChI is InChI=1S/C18H22NP/c1-15(2)13-16-14-19(16)20(17-9-5-3-6-10-17)18-11-7-4-8-12-18/h3-12,15-16H,13-14H2,1-2H3/t16-,19?/m0/s1. The van der Waals surface area contributed by atoms with Gasteiger partial charge in [0.15, 0.2) is 0 Å². The molecule has 0 amide bonds. The highest BCUT2D eigenvalue weighted by Crippen LogP contribution is 2.48. The summed E-state index contributed by atoms with van der Waals surface area (Å²) < 4.78 is 2.69. The van der Waals surface area contributed by atoms with Crippen LogP contribution in [0.3, 0.4) is 0 Å². The Morgan fingerprint density at radius 2 is 1.45 bits per heavy atom. The van der Waals surface area contributed by atoms with Gasteiger partial charge in [-0.05, 0) is 22.9 Å². The van der Waals surface area contributed by atoms with Crippen molar-refractivity contribution < 1.29 is 0 Å². The third kappa shape index (κ3) is 3.11. The van der Waals surface area contributed by atoms with Crippen LogP contribution in [-0.4, -0.2) is 17.3 Å². The van der Waals surface area contributed by atoms with Crippen LogP contribution in [0.4, 0.5) is 0 Å². The van der Waals surface area contributed by atoms with Gasteiger partial charge in [0.25, 0.3) is 0 Å². The Kier molecular flexibility index (Phi) is 4.19. The average molecular weight is 283 g/mol. The number of hydrogen-bond donors (Lipinski definition) is 0. The van der Waals surface area contributed by atoms with Gasteiger partial charge in [0.1, 0.15) is 0 Å². The van der Waals surface area contributed by atoms with E-state index in [0.717, 1.165) is 12.0 Å². The van der Waals surface area contributed by atoms with E-state index in [1.54, 1.807) is 0 Å². The fourth-order valence-corrected chi connectivity index (χ4v) is 5.31. The van der Waals surface area contributed by atoms with Crippen molar-refractivity contribution in [2.24, 2.45) is 5.92 Å². The first kappa shape index (κ1) is 13.8. The van der Waals surface area contributed by atoms with E-state index in [1.807, 2.05) is 0 Å². The van der Waals surface area contributed by atoms with Crippen LogP contribution in [0.1, 0.15) is 20.3 Å². The van der Waals surface area contributed by atoms with Crippen LogP contribution in [0.25, 0.3) is 0 Å². The van der Waals surface area contributed by atoms with Crippen LogP contribution >= 0.6 is 8.07 Å². The van der Waals surface area contributed by atoms with Crippen molar-refractivity contribution in [1.29, 1.82) is 0 Å². The van der Waals surface area contributed by atoms with E-state index >= 15 is 0 Å². The Bertz CT molecular complexity index is 498. The maximum atomic E-state index is 2.69. The van der Waals surface area contributed by atoms with Crippen LogP contribution in [0, 0.1) is 5.92 Å². The number of nitrogens with zero attached hydrogens (tertiary/aromatic N) is 1. The Morgan fingerprint density at radius 1 is 0.950 bits per heavy atom. The molecule has 2 aromatic rings. The second kappa shape index (κ2) is 6.08. The van der Waals surface area contributed by atoms with Crippen molar-refractivity contribution in [2.45, 2.75) is 26.3 Å². The fraction of sp³-hybridized carbons (Fsp3) is 0.333. The van der Waals surface area contributed by atoms with Crippen LogP contribution in [0.15, 0.2) is 60.7 Å². The SMILES string of the molecule is CC(C)C[C@H]1CN1P(c1ccccc1)c1ccccc1. The lowest BCUT2D eigenvalue weighted by molar-refractivity contribution is 0.552. The molecular weight excluding hydrogens is 261 g/mol. The molecule has 1 aliphatic heterocycles. The maximum absolute atomic E-state index is 2.69. The van der Waals surface area contributed by atoms with Gasteiger partial charge in [-0.1, -0.05) is 74.5 Å². The van der Waals surface area contributed by atoms with E-state index in [4.69, 9.17) is 0 Å². The molecule has 0 radical (unpaired) electrons. The largest absolute Gasteiger partial charge is 0.269 e. The minimum absolute atomic E-state index is 0.335. The van der Waals surface area contributed by atoms with Crippen molar-refractivity contribution in [3.63, 3.8) is 0 Å². The Hall–Kier alpha value is -1.17. The predicted molar refractivity (Wildman–Crippen MR) is 89.0 cm³/mol. The minimum atomic E-state index is -0.335. The molecule has 1 fully saturated rings. The molecule has 1 saturated heterocycles. The molecule has 1 heterocycles. The topological polar surface area (TPSA) is 3.01 Å². The summed E-state index contributed by atoms with van der Waals surface area (Å²) in [5, 5.41) is 2.94. The second-order valence-corrected chi connectivity index (χ2v) is 8.06. The van der Waals surface area contributed by atoms with Crippen LogP contribution in [-0.2, 0) is 0 Å². The maximum Gasteiger partial charge on any atom is 0.0284 e. The van der Waals surface area contributed by atoms with Gasteiger partial charge in [-0.3, -0.25) is 4.67 Å². The van der Waals surface area contributed by atoms with Crippen molar-refractivity contribution in [2.75, 3.05) is 6.54 Å². The van der Waals surface area contributed by atoms with Gasteiger partial charge in [-0.25, -0.2) is 0 Å². The summed E-state index contributed by atoms with van der Waals surface area (Å²) in [5.74, 6) is 0.786. The zero-order valence-corrected chi connectivity index (χ0v) is 13.1. The molecule has 3 rings (SSSR count). The Morgan fingerprint density at radius 3 is 1.90 bits per heavy atom. The third-order valence-electron chi connectivity index (χ3n) is 3.69. The second-order valence-electron chi connectivity index (χ2n) is 5.89. The molecule has 0 aromatic heterocycles. The van der Waals surface area contributed by atoms with Gasteiger partial charge in [0.2, 0.25) is 0 Å². The molecule has 1 unspecified atom stereocenters. The summed E-state index contributed by atoms with van der Waals surface area (Å²) in [6.45, 7) is 5.90. The summed E-state index contributed by atoms with van der Waals surface area (Å²) in [7, 11) is -0.335. The van der Waals surface area contributed by atoms with Gasteiger partial charge in [0, 0.05) is 20.7 Å². The normalized spacial score (nSPS) is 21.4. The first-order valence-corrected chi connectivity index (χ1v) is 8.72. The van der Waals surface area contributed by atoms with E-state index in [2.05, 4.69) is 79.2 Å². The summed E-state index contributed by atoms with van der Waals surface area (Å²) in [5.41, 5.74) is 0. The molecule has 0 spiro atoms. The van der Waals surface area contributed by atoms with Crippen molar-refractivity contribution in [3.8, 4) is 0 Å². The van der Waals surface area contributed by atoms with E-state index in [1.165, 1.54) is 23.6 Å². The average Bonchev–Trinajstić information content (AvgIpc) is 3.19. The monoisotopic (exact) mass is 283 g/mol. The molecule has 0 aliphatic carbocycles. The predicted octanol–water partition coefficient (Wildman–Crippen LogP) is 3.76. The summed E-state index contributed by atoms with van der Waals surface area (Å²) in [4.78, 5) is 0. The quantitative estimate of drug-likeness (QED) is 0.596. The third-order valence-corrected chi connectivity index (χ3v) is 6.27. The van der Waals surface area contributed by atoms with Crippen molar-refractivity contribution >= 4 is 18.7 Å². The molecule has 0 N–H and O–H groups in total. The molecule has 1 nitrogen and oxygen atoms in total. The van der Waals surface area contributed by atoms with Gasteiger partial charge >= 0.3 is 0 Å². The highest BCUT2D eigenvalue weighted by Gasteiger charge is 2.41. The first-order valence-electron chi connectivity index (χ1n) is 7.42. The van der Waals surface area contributed by atoms with Gasteiger partial charge < -0.3 is 0 Å². The van der Waals surface area contributed by atoms with Crippen LogP contribution in [0.2, 0.25) is 0 Å². The summed E-state index contributed by atoms with van der Waals surface area (Å²) in [6, 6.07) is 22.8.